The molecule has 3 aromatic rings. The first-order valence-corrected chi connectivity index (χ1v) is 8.48. The number of anilines is 1. The van der Waals surface area contributed by atoms with Gasteiger partial charge in [0.15, 0.2) is 0 Å². The molecule has 0 fully saturated rings. The summed E-state index contributed by atoms with van der Waals surface area (Å²) in [6.45, 7) is 1.97. The highest BCUT2D eigenvalue weighted by atomic mass is 16.5. The maximum absolute atomic E-state index is 11.5. The van der Waals surface area contributed by atoms with E-state index in [9.17, 15) is 4.79 Å². The first kappa shape index (κ1) is 18.1. The van der Waals surface area contributed by atoms with E-state index in [0.717, 1.165) is 16.8 Å². The van der Waals surface area contributed by atoms with Crippen LogP contribution in [-0.4, -0.2) is 17.1 Å². The molecule has 0 unspecified atom stereocenters. The average molecular weight is 360 g/mol. The average Bonchev–Trinajstić information content (AvgIpc) is 2.67. The lowest BCUT2D eigenvalue weighted by Crippen LogP contribution is -2.13. The molecule has 27 heavy (non-hydrogen) atoms. The van der Waals surface area contributed by atoms with E-state index in [2.05, 4.69) is 4.98 Å². The second-order valence-corrected chi connectivity index (χ2v) is 6.00. The Bertz CT molecular complexity index is 1010. The Morgan fingerprint density at radius 1 is 1.15 bits per heavy atom. The van der Waals surface area contributed by atoms with Crippen molar-refractivity contribution >= 4 is 17.8 Å². The maximum Gasteiger partial charge on any atom is 0.248 e. The Morgan fingerprint density at radius 3 is 2.59 bits per heavy atom. The van der Waals surface area contributed by atoms with E-state index in [0.29, 0.717) is 34.7 Å². The number of ether oxygens (including phenoxy) is 1. The molecule has 1 heterocycles. The van der Waals surface area contributed by atoms with E-state index in [4.69, 9.17) is 21.6 Å². The van der Waals surface area contributed by atoms with Gasteiger partial charge in [-0.3, -0.25) is 9.78 Å². The second-order valence-electron chi connectivity index (χ2n) is 6.00. The number of aryl methyl sites for hydroxylation is 1. The number of hydrogen-bond acceptors (Lipinski definition) is 5. The molecule has 0 aliphatic rings. The van der Waals surface area contributed by atoms with Gasteiger partial charge in [-0.25, -0.2) is 0 Å². The zero-order valence-corrected chi connectivity index (χ0v) is 14.9. The van der Waals surface area contributed by atoms with Gasteiger partial charge in [0.25, 0.3) is 0 Å². The van der Waals surface area contributed by atoms with Gasteiger partial charge >= 0.3 is 0 Å². The fraction of sp³-hybridized carbons (Fsp3) is 0.0952. The van der Waals surface area contributed by atoms with Gasteiger partial charge in [0, 0.05) is 46.9 Å². The van der Waals surface area contributed by atoms with Crippen LogP contribution in [0.15, 0.2) is 54.7 Å². The predicted molar refractivity (Wildman–Crippen MR) is 106 cm³/mol. The van der Waals surface area contributed by atoms with Crippen LogP contribution in [0.5, 0.6) is 11.5 Å². The summed E-state index contributed by atoms with van der Waals surface area (Å²) in [4.78, 5) is 15.9. The molecule has 5 N–H and O–H groups in total. The van der Waals surface area contributed by atoms with Gasteiger partial charge in [-0.15, -0.1) is 0 Å². The van der Waals surface area contributed by atoms with E-state index >= 15 is 0 Å². The summed E-state index contributed by atoms with van der Waals surface area (Å²) in [5, 5.41) is 7.29. The third-order valence-electron chi connectivity index (χ3n) is 4.23. The summed E-state index contributed by atoms with van der Waals surface area (Å²) in [6.07, 6.45) is 3.55. The van der Waals surface area contributed by atoms with Crippen LogP contribution in [0.3, 0.4) is 0 Å². The van der Waals surface area contributed by atoms with Gasteiger partial charge in [0.05, 0.1) is 5.69 Å². The minimum atomic E-state index is -0.436. The Morgan fingerprint density at radius 2 is 1.93 bits per heavy atom. The lowest BCUT2D eigenvalue weighted by Gasteiger charge is -2.10. The number of hydrogen-bond donors (Lipinski definition) is 3. The SMILES string of the molecule is CCc1cc(-c2cc(Oc3ccc(C=N)c(N)c3)ccn2)ccc1C(N)=O. The molecular formula is C21H20N4O2. The zero-order valence-electron chi connectivity index (χ0n) is 14.9. The van der Waals surface area contributed by atoms with Crippen molar-refractivity contribution in [3.63, 3.8) is 0 Å². The normalized spacial score (nSPS) is 10.4. The summed E-state index contributed by atoms with van der Waals surface area (Å²) in [5.41, 5.74) is 15.4. The van der Waals surface area contributed by atoms with Crippen LogP contribution < -0.4 is 16.2 Å². The third kappa shape index (κ3) is 3.95. The van der Waals surface area contributed by atoms with Crippen molar-refractivity contribution in [3.8, 4) is 22.8 Å². The van der Waals surface area contributed by atoms with Crippen LogP contribution in [0, 0.1) is 5.41 Å². The van der Waals surface area contributed by atoms with Crippen LogP contribution >= 0.6 is 0 Å². The van der Waals surface area contributed by atoms with E-state index in [1.165, 1.54) is 6.21 Å². The zero-order chi connectivity index (χ0) is 19.4. The minimum absolute atomic E-state index is 0.436. The standard InChI is InChI=1S/C21H20N4O2/c1-2-13-9-14(4-6-18(13)21(24)26)20-11-17(7-8-25-20)27-16-5-3-15(12-22)19(23)10-16/h3-12,22H,2,23H2,1H3,(H2,24,26). The van der Waals surface area contributed by atoms with Crippen LogP contribution in [-0.2, 0) is 6.42 Å². The van der Waals surface area contributed by atoms with Crippen LogP contribution in [0.4, 0.5) is 5.69 Å². The van der Waals surface area contributed by atoms with Crippen molar-refractivity contribution in [2.24, 2.45) is 5.73 Å². The molecule has 0 atom stereocenters. The Kier molecular flexibility index (Phi) is 5.17. The highest BCUT2D eigenvalue weighted by Gasteiger charge is 2.10. The molecule has 1 amide bonds. The molecule has 3 rings (SSSR count). The molecule has 0 saturated carbocycles. The van der Waals surface area contributed by atoms with Gasteiger partial charge in [0.2, 0.25) is 5.91 Å². The van der Waals surface area contributed by atoms with Crippen molar-refractivity contribution in [3.05, 3.63) is 71.4 Å². The molecule has 0 radical (unpaired) electrons. The smallest absolute Gasteiger partial charge is 0.248 e. The highest BCUT2D eigenvalue weighted by Crippen LogP contribution is 2.28. The first-order chi connectivity index (χ1) is 13.0. The number of rotatable bonds is 6. The summed E-state index contributed by atoms with van der Waals surface area (Å²) >= 11 is 0. The lowest BCUT2D eigenvalue weighted by atomic mass is 9.99. The van der Waals surface area contributed by atoms with Gasteiger partial charge < -0.3 is 21.6 Å². The number of nitrogens with zero attached hydrogens (tertiary/aromatic N) is 1. The fourth-order valence-electron chi connectivity index (χ4n) is 2.80. The minimum Gasteiger partial charge on any atom is -0.457 e. The van der Waals surface area contributed by atoms with Crippen molar-refractivity contribution in [1.29, 1.82) is 5.41 Å². The van der Waals surface area contributed by atoms with Crippen LogP contribution in [0.1, 0.15) is 28.4 Å². The van der Waals surface area contributed by atoms with Gasteiger partial charge in [-0.05, 0) is 42.3 Å². The second kappa shape index (κ2) is 7.70. The molecule has 0 aliphatic carbocycles. The number of nitrogens with one attached hydrogen (secondary N) is 1. The van der Waals surface area contributed by atoms with Crippen molar-refractivity contribution in [2.45, 2.75) is 13.3 Å². The molecule has 0 aliphatic heterocycles. The van der Waals surface area contributed by atoms with Crippen molar-refractivity contribution in [2.75, 3.05) is 5.73 Å². The topological polar surface area (TPSA) is 115 Å². The molecule has 0 bridgehead atoms. The molecule has 6 heteroatoms. The van der Waals surface area contributed by atoms with Gasteiger partial charge in [-0.2, -0.15) is 0 Å². The Labute approximate surface area is 157 Å². The number of primary amides is 1. The number of benzene rings is 2. The van der Waals surface area contributed by atoms with Gasteiger partial charge in [-0.1, -0.05) is 13.0 Å². The number of aromatic nitrogens is 1. The number of carbonyl (C=O) groups is 1. The Hall–Kier alpha value is -3.67. The maximum atomic E-state index is 11.5. The fourth-order valence-corrected chi connectivity index (χ4v) is 2.80. The molecule has 0 spiro atoms. The number of nitrogens with two attached hydrogens (primary N) is 2. The highest BCUT2D eigenvalue weighted by molar-refractivity contribution is 5.95. The summed E-state index contributed by atoms with van der Waals surface area (Å²) in [7, 11) is 0. The van der Waals surface area contributed by atoms with Crippen LogP contribution in [0.2, 0.25) is 0 Å². The predicted octanol–water partition coefficient (Wildman–Crippen LogP) is 3.78. The first-order valence-electron chi connectivity index (χ1n) is 8.48. The molecule has 0 saturated heterocycles. The molecule has 1 aromatic heterocycles. The third-order valence-corrected chi connectivity index (χ3v) is 4.23. The van der Waals surface area contributed by atoms with E-state index in [-0.39, 0.29) is 0 Å². The number of pyridine rings is 1. The Balaban J connectivity index is 1.91. The summed E-state index contributed by atoms with van der Waals surface area (Å²) in [5.74, 6) is 0.752. The quantitative estimate of drug-likeness (QED) is 0.458. The lowest BCUT2D eigenvalue weighted by molar-refractivity contribution is 0.0999. The van der Waals surface area contributed by atoms with Gasteiger partial charge in [0.1, 0.15) is 11.5 Å². The van der Waals surface area contributed by atoms with Crippen molar-refractivity contribution in [1.82, 2.24) is 4.98 Å². The number of nitrogen functional groups attached to an aromatic ring is 1. The van der Waals surface area contributed by atoms with E-state index in [1.54, 1.807) is 36.5 Å². The molecule has 136 valence electrons. The monoisotopic (exact) mass is 360 g/mol. The molecule has 6 nitrogen and oxygen atoms in total. The largest absolute Gasteiger partial charge is 0.457 e. The van der Waals surface area contributed by atoms with E-state index in [1.807, 2.05) is 25.1 Å². The number of amides is 1. The molecule has 2 aromatic carbocycles. The van der Waals surface area contributed by atoms with E-state index < -0.39 is 5.91 Å². The number of carbonyl (C=O) groups excluding carboxylic acids is 1. The summed E-state index contributed by atoms with van der Waals surface area (Å²) in [6, 6.07) is 14.2. The van der Waals surface area contributed by atoms with Crippen molar-refractivity contribution < 1.29 is 9.53 Å². The summed E-state index contributed by atoms with van der Waals surface area (Å²) < 4.78 is 5.87. The molecular weight excluding hydrogens is 340 g/mol. The van der Waals surface area contributed by atoms with Crippen LogP contribution in [0.25, 0.3) is 11.3 Å².